The molecular weight excluding hydrogens is 312 g/mol. The van der Waals surface area contributed by atoms with Crippen molar-refractivity contribution >= 4 is 5.91 Å². The Morgan fingerprint density at radius 2 is 1.64 bits per heavy atom. The van der Waals surface area contributed by atoms with Crippen LogP contribution in [-0.2, 0) is 4.74 Å². The molecule has 0 N–H and O–H groups in total. The molecule has 1 fully saturated rings. The average Bonchev–Trinajstić information content (AvgIpc) is 3.23. The maximum atomic E-state index is 13.1. The molecule has 1 aliphatic heterocycles. The average molecular weight is 332 g/mol. The predicted octanol–water partition coefficient (Wildman–Crippen LogP) is 3.69. The lowest BCUT2D eigenvalue weighted by molar-refractivity contribution is -0.0228. The van der Waals surface area contributed by atoms with Gasteiger partial charge in [-0.3, -0.25) is 4.79 Å². The van der Waals surface area contributed by atoms with Gasteiger partial charge in [0.05, 0.1) is 24.4 Å². The number of hydrogen-bond acceptors (Lipinski definition) is 2. The lowest BCUT2D eigenvalue weighted by Gasteiger charge is -2.33. The van der Waals surface area contributed by atoms with Crippen molar-refractivity contribution in [2.24, 2.45) is 0 Å². The molecule has 4 nitrogen and oxygen atoms in total. The van der Waals surface area contributed by atoms with Crippen LogP contribution in [0.25, 0.3) is 5.69 Å². The molecule has 1 atom stereocenters. The van der Waals surface area contributed by atoms with Crippen molar-refractivity contribution < 1.29 is 9.53 Å². The first-order chi connectivity index (χ1) is 12.3. The fraction of sp³-hybridized carbons (Fsp3) is 0.190. The van der Waals surface area contributed by atoms with E-state index in [1.165, 1.54) is 0 Å². The van der Waals surface area contributed by atoms with E-state index in [9.17, 15) is 4.79 Å². The minimum absolute atomic E-state index is 0.0496. The number of carbonyl (C=O) groups is 1. The highest BCUT2D eigenvalue weighted by atomic mass is 16.5. The summed E-state index contributed by atoms with van der Waals surface area (Å²) in [6.07, 6.45) is 3.84. The van der Waals surface area contributed by atoms with Crippen molar-refractivity contribution in [1.29, 1.82) is 0 Å². The van der Waals surface area contributed by atoms with Crippen LogP contribution < -0.4 is 0 Å². The van der Waals surface area contributed by atoms with Gasteiger partial charge in [-0.1, -0.05) is 42.5 Å². The van der Waals surface area contributed by atoms with Crippen LogP contribution in [0.15, 0.2) is 79.1 Å². The quantitative estimate of drug-likeness (QED) is 0.733. The molecular formula is C21H20N2O2. The molecule has 0 bridgehead atoms. The van der Waals surface area contributed by atoms with Crippen LogP contribution in [0.3, 0.4) is 0 Å². The largest absolute Gasteiger partial charge is 0.370 e. The van der Waals surface area contributed by atoms with E-state index in [-0.39, 0.29) is 12.0 Å². The fourth-order valence-electron chi connectivity index (χ4n) is 3.25. The first kappa shape index (κ1) is 15.7. The Morgan fingerprint density at radius 1 is 0.920 bits per heavy atom. The third-order valence-electron chi connectivity index (χ3n) is 4.54. The number of benzene rings is 2. The lowest BCUT2D eigenvalue weighted by atomic mass is 10.1. The molecule has 2 aromatic carbocycles. The number of ether oxygens (including phenoxy) is 1. The standard InChI is InChI=1S/C21H20N2O2/c24-21(18-10-4-5-11-19(18)22-12-6-7-13-22)23-14-15-25-20(16-23)17-8-2-1-3-9-17/h1-13,20H,14-16H2/t20-/m0/s1. The van der Waals surface area contributed by atoms with Gasteiger partial charge in [0.15, 0.2) is 0 Å². The summed E-state index contributed by atoms with van der Waals surface area (Å²) in [5.41, 5.74) is 2.73. The summed E-state index contributed by atoms with van der Waals surface area (Å²) in [7, 11) is 0. The molecule has 0 saturated carbocycles. The van der Waals surface area contributed by atoms with Gasteiger partial charge in [-0.25, -0.2) is 0 Å². The van der Waals surface area contributed by atoms with Gasteiger partial charge in [0.1, 0.15) is 6.10 Å². The minimum atomic E-state index is -0.0716. The van der Waals surface area contributed by atoms with Crippen LogP contribution >= 0.6 is 0 Å². The van der Waals surface area contributed by atoms with Crippen LogP contribution in [-0.4, -0.2) is 35.1 Å². The third kappa shape index (κ3) is 3.21. The van der Waals surface area contributed by atoms with E-state index in [2.05, 4.69) is 0 Å². The first-order valence-electron chi connectivity index (χ1n) is 8.51. The van der Waals surface area contributed by atoms with Gasteiger partial charge in [-0.15, -0.1) is 0 Å². The van der Waals surface area contributed by atoms with Crippen LogP contribution in [0.5, 0.6) is 0 Å². The highest BCUT2D eigenvalue weighted by Gasteiger charge is 2.27. The molecule has 1 aromatic heterocycles. The highest BCUT2D eigenvalue weighted by molar-refractivity contribution is 5.97. The van der Waals surface area contributed by atoms with Crippen molar-refractivity contribution in [1.82, 2.24) is 9.47 Å². The SMILES string of the molecule is O=C(c1ccccc1-n1cccc1)N1CCO[C@H](c2ccccc2)C1. The molecule has 0 spiro atoms. The Bertz CT molecular complexity index is 843. The van der Waals surface area contributed by atoms with Gasteiger partial charge in [-0.2, -0.15) is 0 Å². The number of rotatable bonds is 3. The Balaban J connectivity index is 1.59. The molecule has 1 aliphatic rings. The van der Waals surface area contributed by atoms with E-state index >= 15 is 0 Å². The second-order valence-electron chi connectivity index (χ2n) is 6.13. The van der Waals surface area contributed by atoms with Gasteiger partial charge in [-0.05, 0) is 29.8 Å². The van der Waals surface area contributed by atoms with Gasteiger partial charge in [0, 0.05) is 18.9 Å². The number of amides is 1. The van der Waals surface area contributed by atoms with Crippen molar-refractivity contribution in [3.05, 3.63) is 90.3 Å². The number of hydrogen-bond donors (Lipinski definition) is 0. The fourth-order valence-corrected chi connectivity index (χ4v) is 3.25. The van der Waals surface area contributed by atoms with Gasteiger partial charge in [0.25, 0.3) is 5.91 Å². The second-order valence-corrected chi connectivity index (χ2v) is 6.13. The van der Waals surface area contributed by atoms with Crippen LogP contribution in [0.2, 0.25) is 0 Å². The van der Waals surface area contributed by atoms with Crippen molar-refractivity contribution in [3.63, 3.8) is 0 Å². The number of morpholine rings is 1. The van der Waals surface area contributed by atoms with Crippen molar-refractivity contribution in [2.45, 2.75) is 6.10 Å². The summed E-state index contributed by atoms with van der Waals surface area (Å²) < 4.78 is 7.86. The number of nitrogens with zero attached hydrogens (tertiary/aromatic N) is 2. The Morgan fingerprint density at radius 3 is 2.44 bits per heavy atom. The highest BCUT2D eigenvalue weighted by Crippen LogP contribution is 2.24. The summed E-state index contributed by atoms with van der Waals surface area (Å²) >= 11 is 0. The first-order valence-corrected chi connectivity index (χ1v) is 8.51. The molecule has 1 saturated heterocycles. The lowest BCUT2D eigenvalue weighted by Crippen LogP contribution is -2.42. The van der Waals surface area contributed by atoms with E-state index in [0.29, 0.717) is 25.3 Å². The summed E-state index contributed by atoms with van der Waals surface area (Å²) in [4.78, 5) is 15.0. The van der Waals surface area contributed by atoms with Gasteiger partial charge in [0.2, 0.25) is 0 Å². The number of carbonyl (C=O) groups excluding carboxylic acids is 1. The molecule has 4 heteroatoms. The topological polar surface area (TPSA) is 34.5 Å². The predicted molar refractivity (Wildman–Crippen MR) is 96.8 cm³/mol. The van der Waals surface area contributed by atoms with E-state index in [4.69, 9.17) is 4.74 Å². The zero-order chi connectivity index (χ0) is 17.1. The van der Waals surface area contributed by atoms with Crippen molar-refractivity contribution in [3.8, 4) is 5.69 Å². The Labute approximate surface area is 147 Å². The molecule has 3 aromatic rings. The van der Waals surface area contributed by atoms with E-state index in [1.807, 2.05) is 88.6 Å². The summed E-state index contributed by atoms with van der Waals surface area (Å²) in [6.45, 7) is 1.74. The third-order valence-corrected chi connectivity index (χ3v) is 4.54. The Hall–Kier alpha value is -2.85. The molecule has 0 unspecified atom stereocenters. The molecule has 4 rings (SSSR count). The second kappa shape index (κ2) is 6.95. The van der Waals surface area contributed by atoms with Gasteiger partial charge >= 0.3 is 0 Å². The summed E-state index contributed by atoms with van der Waals surface area (Å²) in [5, 5.41) is 0. The van der Waals surface area contributed by atoms with Crippen LogP contribution in [0, 0.1) is 0 Å². The molecule has 25 heavy (non-hydrogen) atoms. The zero-order valence-electron chi connectivity index (χ0n) is 13.9. The molecule has 0 aliphatic carbocycles. The van der Waals surface area contributed by atoms with Crippen LogP contribution in [0.1, 0.15) is 22.0 Å². The maximum Gasteiger partial charge on any atom is 0.256 e. The summed E-state index contributed by atoms with van der Waals surface area (Å²) in [5.74, 6) is 0.0496. The monoisotopic (exact) mass is 332 g/mol. The normalized spacial score (nSPS) is 17.4. The molecule has 1 amide bonds. The summed E-state index contributed by atoms with van der Waals surface area (Å²) in [6, 6.07) is 21.7. The van der Waals surface area contributed by atoms with E-state index < -0.39 is 0 Å². The van der Waals surface area contributed by atoms with Gasteiger partial charge < -0.3 is 14.2 Å². The minimum Gasteiger partial charge on any atom is -0.370 e. The number of para-hydroxylation sites is 1. The zero-order valence-corrected chi connectivity index (χ0v) is 13.9. The van der Waals surface area contributed by atoms with Crippen molar-refractivity contribution in [2.75, 3.05) is 19.7 Å². The Kier molecular flexibility index (Phi) is 4.36. The number of aromatic nitrogens is 1. The van der Waals surface area contributed by atoms with E-state index in [1.54, 1.807) is 0 Å². The molecule has 0 radical (unpaired) electrons. The van der Waals surface area contributed by atoms with E-state index in [0.717, 1.165) is 11.3 Å². The maximum absolute atomic E-state index is 13.1. The molecule has 2 heterocycles. The smallest absolute Gasteiger partial charge is 0.256 e. The van der Waals surface area contributed by atoms with Crippen LogP contribution in [0.4, 0.5) is 0 Å². The molecule has 126 valence electrons.